The van der Waals surface area contributed by atoms with Crippen LogP contribution in [-0.4, -0.2) is 52.7 Å². The summed E-state index contributed by atoms with van der Waals surface area (Å²) in [6.45, 7) is 1.75. The molecule has 0 spiro atoms. The molecule has 2 atom stereocenters. The summed E-state index contributed by atoms with van der Waals surface area (Å²) < 4.78 is 57.4. The van der Waals surface area contributed by atoms with Gasteiger partial charge in [0.2, 0.25) is 0 Å². The van der Waals surface area contributed by atoms with E-state index in [4.69, 9.17) is 4.74 Å². The Kier molecular flexibility index (Phi) is 5.20. The molecule has 0 radical (unpaired) electrons. The lowest BCUT2D eigenvalue weighted by atomic mass is 10.2. The number of methoxy groups -OCH3 is 1. The molecule has 1 aliphatic rings. The molecule has 9 heteroatoms. The highest BCUT2D eigenvalue weighted by Gasteiger charge is 2.45. The van der Waals surface area contributed by atoms with Crippen molar-refractivity contribution in [2.75, 3.05) is 22.9 Å². The zero-order chi connectivity index (χ0) is 19.8. The summed E-state index contributed by atoms with van der Waals surface area (Å²) in [7, 11) is -6.39. The third kappa shape index (κ3) is 3.80. The molecule has 3 rings (SSSR count). The summed E-state index contributed by atoms with van der Waals surface area (Å²) in [4.78, 5) is -0.0784. The number of anilines is 1. The topological polar surface area (TPSA) is 101 Å². The molecule has 2 aromatic carbocycles. The molecule has 0 aromatic heterocycles. The first-order valence-electron chi connectivity index (χ1n) is 8.28. The summed E-state index contributed by atoms with van der Waals surface area (Å²) in [5.74, 6) is -0.769. The first kappa shape index (κ1) is 19.7. The molecule has 0 unspecified atom stereocenters. The number of para-hydroxylation sites is 1. The number of benzene rings is 2. The van der Waals surface area contributed by atoms with Gasteiger partial charge in [-0.05, 0) is 36.8 Å². The standard InChI is InChI=1S/C18H21NO6S2/c1-13-8-9-17(25-2)18(10-13)27(23,24)19(14-6-4-3-5-7-14)15-11-26(21,22)12-16(15)20/h3-10,15-16,20H,11-12H2,1-2H3/t15-,16+/m0/s1. The molecular formula is C18H21NO6S2. The minimum Gasteiger partial charge on any atom is -0.495 e. The molecule has 1 N–H and O–H groups in total. The van der Waals surface area contributed by atoms with Crippen LogP contribution in [0, 0.1) is 6.92 Å². The summed E-state index contributed by atoms with van der Waals surface area (Å²) in [5, 5.41) is 10.3. The molecule has 0 amide bonds. The van der Waals surface area contributed by atoms with Gasteiger partial charge in [-0.2, -0.15) is 0 Å². The summed E-state index contributed by atoms with van der Waals surface area (Å²) in [5.41, 5.74) is 0.990. The fourth-order valence-electron chi connectivity index (χ4n) is 3.21. The molecule has 0 aliphatic carbocycles. The van der Waals surface area contributed by atoms with Crippen LogP contribution in [0.15, 0.2) is 53.4 Å². The summed E-state index contributed by atoms with van der Waals surface area (Å²) in [6.07, 6.45) is -1.32. The molecule has 1 saturated heterocycles. The number of ether oxygens (including phenoxy) is 1. The maximum atomic E-state index is 13.5. The average molecular weight is 412 g/mol. The number of nitrogens with zero attached hydrogens (tertiary/aromatic N) is 1. The van der Waals surface area contributed by atoms with Crippen molar-refractivity contribution in [3.8, 4) is 5.75 Å². The second kappa shape index (κ2) is 7.14. The number of aryl methyl sites for hydroxylation is 1. The Morgan fingerprint density at radius 3 is 2.33 bits per heavy atom. The third-order valence-corrected chi connectivity index (χ3v) is 8.03. The fraction of sp³-hybridized carbons (Fsp3) is 0.333. The van der Waals surface area contributed by atoms with Crippen LogP contribution in [0.4, 0.5) is 5.69 Å². The van der Waals surface area contributed by atoms with Crippen molar-refractivity contribution in [3.05, 3.63) is 54.1 Å². The number of aliphatic hydroxyl groups excluding tert-OH is 1. The predicted molar refractivity (Wildman–Crippen MR) is 102 cm³/mol. The van der Waals surface area contributed by atoms with Crippen molar-refractivity contribution < 1.29 is 26.7 Å². The van der Waals surface area contributed by atoms with Gasteiger partial charge >= 0.3 is 0 Å². The number of aliphatic hydroxyl groups is 1. The van der Waals surface area contributed by atoms with E-state index < -0.39 is 43.5 Å². The van der Waals surface area contributed by atoms with Crippen LogP contribution >= 0.6 is 0 Å². The monoisotopic (exact) mass is 411 g/mol. The van der Waals surface area contributed by atoms with Gasteiger partial charge in [-0.1, -0.05) is 24.3 Å². The molecule has 1 aliphatic heterocycles. The zero-order valence-corrected chi connectivity index (χ0v) is 16.6. The Morgan fingerprint density at radius 1 is 1.11 bits per heavy atom. The van der Waals surface area contributed by atoms with Crippen molar-refractivity contribution in [2.45, 2.75) is 24.0 Å². The third-order valence-electron chi connectivity index (χ3n) is 4.46. The number of hydrogen-bond acceptors (Lipinski definition) is 6. The lowest BCUT2D eigenvalue weighted by Gasteiger charge is -2.32. The van der Waals surface area contributed by atoms with Gasteiger partial charge in [0.1, 0.15) is 10.6 Å². The zero-order valence-electron chi connectivity index (χ0n) is 14.9. The quantitative estimate of drug-likeness (QED) is 0.797. The van der Waals surface area contributed by atoms with Crippen molar-refractivity contribution >= 4 is 25.5 Å². The highest BCUT2D eigenvalue weighted by molar-refractivity contribution is 7.93. The molecule has 146 valence electrons. The fourth-order valence-corrected chi connectivity index (χ4v) is 7.00. The van der Waals surface area contributed by atoms with Gasteiger partial charge in [0.15, 0.2) is 9.84 Å². The Labute approximate surface area is 159 Å². The molecule has 2 aromatic rings. The molecule has 0 bridgehead atoms. The number of hydrogen-bond donors (Lipinski definition) is 1. The average Bonchev–Trinajstić information content (AvgIpc) is 2.88. The van der Waals surface area contributed by atoms with Crippen molar-refractivity contribution in [1.29, 1.82) is 0 Å². The number of sulfone groups is 1. The van der Waals surface area contributed by atoms with Crippen LogP contribution in [0.3, 0.4) is 0 Å². The molecule has 1 heterocycles. The first-order chi connectivity index (χ1) is 12.7. The smallest absolute Gasteiger partial charge is 0.268 e. The Hall–Kier alpha value is -2.10. The Bertz CT molecular complexity index is 1030. The number of sulfonamides is 1. The van der Waals surface area contributed by atoms with E-state index >= 15 is 0 Å². The highest BCUT2D eigenvalue weighted by atomic mass is 32.2. The molecule has 7 nitrogen and oxygen atoms in total. The van der Waals surface area contributed by atoms with Crippen molar-refractivity contribution in [1.82, 2.24) is 0 Å². The van der Waals surface area contributed by atoms with E-state index in [9.17, 15) is 21.9 Å². The van der Waals surface area contributed by atoms with Gasteiger partial charge in [0, 0.05) is 0 Å². The largest absolute Gasteiger partial charge is 0.495 e. The van der Waals surface area contributed by atoms with Crippen LogP contribution in [0.5, 0.6) is 5.75 Å². The Balaban J connectivity index is 2.21. The van der Waals surface area contributed by atoms with Gasteiger partial charge in [0.25, 0.3) is 10.0 Å². The minimum atomic E-state index is -4.20. The second-order valence-electron chi connectivity index (χ2n) is 6.50. The highest BCUT2D eigenvalue weighted by Crippen LogP contribution is 2.34. The van der Waals surface area contributed by atoms with Gasteiger partial charge in [-0.15, -0.1) is 0 Å². The van der Waals surface area contributed by atoms with Crippen LogP contribution in [0.1, 0.15) is 5.56 Å². The lowest BCUT2D eigenvalue weighted by Crippen LogP contribution is -2.47. The van der Waals surface area contributed by atoms with Crippen LogP contribution in [0.25, 0.3) is 0 Å². The maximum Gasteiger partial charge on any atom is 0.268 e. The van der Waals surface area contributed by atoms with Gasteiger partial charge in [0.05, 0.1) is 36.4 Å². The molecule has 27 heavy (non-hydrogen) atoms. The van der Waals surface area contributed by atoms with E-state index in [1.165, 1.54) is 13.2 Å². The SMILES string of the molecule is COc1ccc(C)cc1S(=O)(=O)N(c1ccccc1)[C@H]1CS(=O)(=O)C[C@H]1O. The van der Waals surface area contributed by atoms with Crippen LogP contribution < -0.4 is 9.04 Å². The summed E-state index contributed by atoms with van der Waals surface area (Å²) in [6, 6.07) is 11.8. The Morgan fingerprint density at radius 2 is 1.78 bits per heavy atom. The van der Waals surface area contributed by atoms with Crippen molar-refractivity contribution in [3.63, 3.8) is 0 Å². The maximum absolute atomic E-state index is 13.5. The van der Waals surface area contributed by atoms with Crippen LogP contribution in [-0.2, 0) is 19.9 Å². The lowest BCUT2D eigenvalue weighted by molar-refractivity contribution is 0.184. The minimum absolute atomic E-state index is 0.0784. The second-order valence-corrected chi connectivity index (χ2v) is 10.4. The van der Waals surface area contributed by atoms with Gasteiger partial charge in [-0.3, -0.25) is 4.31 Å². The van der Waals surface area contributed by atoms with E-state index in [1.54, 1.807) is 49.4 Å². The van der Waals surface area contributed by atoms with Gasteiger partial charge in [-0.25, -0.2) is 16.8 Å². The normalized spacial score (nSPS) is 21.7. The van der Waals surface area contributed by atoms with E-state index in [0.29, 0.717) is 5.56 Å². The molecular weight excluding hydrogens is 390 g/mol. The van der Waals surface area contributed by atoms with E-state index in [1.807, 2.05) is 0 Å². The first-order valence-corrected chi connectivity index (χ1v) is 11.5. The van der Waals surface area contributed by atoms with Gasteiger partial charge < -0.3 is 9.84 Å². The van der Waals surface area contributed by atoms with E-state index in [-0.39, 0.29) is 16.3 Å². The van der Waals surface area contributed by atoms with E-state index in [0.717, 1.165) is 4.31 Å². The van der Waals surface area contributed by atoms with Crippen LogP contribution in [0.2, 0.25) is 0 Å². The van der Waals surface area contributed by atoms with Crippen molar-refractivity contribution in [2.24, 2.45) is 0 Å². The molecule has 1 fully saturated rings. The molecule has 0 saturated carbocycles. The number of rotatable bonds is 5. The predicted octanol–water partition coefficient (Wildman–Crippen LogP) is 1.36. The summed E-state index contributed by atoms with van der Waals surface area (Å²) >= 11 is 0. The van der Waals surface area contributed by atoms with E-state index in [2.05, 4.69) is 0 Å².